The first-order valence-corrected chi connectivity index (χ1v) is 3.05. The molecule has 0 saturated carbocycles. The van der Waals surface area contributed by atoms with Crippen LogP contribution >= 0.6 is 0 Å². The van der Waals surface area contributed by atoms with Gasteiger partial charge in [0.2, 0.25) is 0 Å². The number of carbonyl (C=O) groups excluding carboxylic acids is 1. The highest BCUT2D eigenvalue weighted by molar-refractivity contribution is 5.59. The van der Waals surface area contributed by atoms with Gasteiger partial charge in [0.25, 0.3) is 0 Å². The first kappa shape index (κ1) is 6.92. The van der Waals surface area contributed by atoms with E-state index in [4.69, 9.17) is 0 Å². The van der Waals surface area contributed by atoms with Gasteiger partial charge in [-0.25, -0.2) is 0 Å². The summed E-state index contributed by atoms with van der Waals surface area (Å²) < 4.78 is 1.60. The zero-order valence-corrected chi connectivity index (χ0v) is 5.98. The normalized spacial score (nSPS) is 13.0. The van der Waals surface area contributed by atoms with Crippen molar-refractivity contribution in [1.29, 1.82) is 0 Å². The highest BCUT2D eigenvalue weighted by atomic mass is 16.1. The second-order valence-corrected chi connectivity index (χ2v) is 2.21. The van der Waals surface area contributed by atoms with E-state index in [0.29, 0.717) is 0 Å². The fraction of sp³-hybridized carbons (Fsp3) is 0.500. The quantitative estimate of drug-likeness (QED) is 0.547. The van der Waals surface area contributed by atoms with Crippen molar-refractivity contribution in [2.75, 3.05) is 0 Å². The van der Waals surface area contributed by atoms with Crippen LogP contribution in [0.15, 0.2) is 6.20 Å². The van der Waals surface area contributed by atoms with Crippen molar-refractivity contribution in [1.82, 2.24) is 15.0 Å². The van der Waals surface area contributed by atoms with Crippen molar-refractivity contribution in [3.8, 4) is 0 Å². The van der Waals surface area contributed by atoms with E-state index < -0.39 is 0 Å². The van der Waals surface area contributed by atoms with E-state index >= 15 is 0 Å². The van der Waals surface area contributed by atoms with Crippen molar-refractivity contribution in [3.05, 3.63) is 11.9 Å². The van der Waals surface area contributed by atoms with Crippen LogP contribution in [-0.2, 0) is 11.8 Å². The van der Waals surface area contributed by atoms with Crippen LogP contribution in [0.2, 0.25) is 0 Å². The standard InChI is InChI=1S/C6H9N3O/c1-5(4-10)6-3-7-8-9(6)2/h3-5H,1-2H3. The molecule has 1 rings (SSSR count). The maximum atomic E-state index is 10.3. The van der Waals surface area contributed by atoms with E-state index in [1.165, 1.54) is 0 Å². The second kappa shape index (κ2) is 2.60. The molecule has 1 aromatic rings. The topological polar surface area (TPSA) is 47.8 Å². The maximum Gasteiger partial charge on any atom is 0.128 e. The Balaban J connectivity index is 2.92. The fourth-order valence-corrected chi connectivity index (χ4v) is 0.780. The Kier molecular flexibility index (Phi) is 1.80. The summed E-state index contributed by atoms with van der Waals surface area (Å²) in [6.07, 6.45) is 2.47. The molecule has 0 radical (unpaired) electrons. The van der Waals surface area contributed by atoms with Gasteiger partial charge in [0, 0.05) is 7.05 Å². The van der Waals surface area contributed by atoms with E-state index in [1.54, 1.807) is 17.9 Å². The van der Waals surface area contributed by atoms with Crippen molar-refractivity contribution in [3.63, 3.8) is 0 Å². The Morgan fingerprint density at radius 2 is 2.50 bits per heavy atom. The molecule has 1 unspecified atom stereocenters. The number of hydrogen-bond acceptors (Lipinski definition) is 3. The molecule has 0 amide bonds. The molecule has 1 heterocycles. The Morgan fingerprint density at radius 1 is 1.80 bits per heavy atom. The average molecular weight is 139 g/mol. The van der Waals surface area contributed by atoms with Crippen molar-refractivity contribution in [2.45, 2.75) is 12.8 Å². The number of carbonyl (C=O) groups is 1. The first-order valence-electron chi connectivity index (χ1n) is 3.05. The molecule has 0 aliphatic rings. The van der Waals surface area contributed by atoms with E-state index in [9.17, 15) is 4.79 Å². The van der Waals surface area contributed by atoms with E-state index in [2.05, 4.69) is 10.3 Å². The molecule has 0 fully saturated rings. The van der Waals surface area contributed by atoms with Gasteiger partial charge in [-0.1, -0.05) is 12.1 Å². The molecule has 54 valence electrons. The van der Waals surface area contributed by atoms with Gasteiger partial charge in [-0.05, 0) is 0 Å². The zero-order valence-electron chi connectivity index (χ0n) is 5.98. The number of rotatable bonds is 2. The molecule has 0 spiro atoms. The molecule has 0 N–H and O–H groups in total. The third-order valence-electron chi connectivity index (χ3n) is 1.42. The molecule has 4 heteroatoms. The summed E-state index contributed by atoms with van der Waals surface area (Å²) >= 11 is 0. The fourth-order valence-electron chi connectivity index (χ4n) is 0.780. The third-order valence-corrected chi connectivity index (χ3v) is 1.42. The van der Waals surface area contributed by atoms with E-state index in [0.717, 1.165) is 12.0 Å². The van der Waals surface area contributed by atoms with Gasteiger partial charge in [0.05, 0.1) is 17.8 Å². The van der Waals surface area contributed by atoms with Crippen LogP contribution in [-0.4, -0.2) is 21.3 Å². The lowest BCUT2D eigenvalue weighted by atomic mass is 10.1. The average Bonchev–Trinajstić information content (AvgIpc) is 2.34. The Bertz CT molecular complexity index is 231. The summed E-state index contributed by atoms with van der Waals surface area (Å²) in [6, 6.07) is 0. The number of aromatic nitrogens is 3. The molecule has 0 aliphatic carbocycles. The second-order valence-electron chi connectivity index (χ2n) is 2.21. The maximum absolute atomic E-state index is 10.3. The predicted octanol–water partition coefficient (Wildman–Crippen LogP) is 0.118. The van der Waals surface area contributed by atoms with Gasteiger partial charge in [-0.3, -0.25) is 4.68 Å². The lowest BCUT2D eigenvalue weighted by Gasteiger charge is -2.00. The summed E-state index contributed by atoms with van der Waals surface area (Å²) in [5.41, 5.74) is 0.843. The van der Waals surface area contributed by atoms with E-state index in [-0.39, 0.29) is 5.92 Å². The number of aryl methyl sites for hydroxylation is 1. The minimum absolute atomic E-state index is 0.111. The van der Waals surface area contributed by atoms with Gasteiger partial charge in [0.15, 0.2) is 0 Å². The molecule has 0 bridgehead atoms. The van der Waals surface area contributed by atoms with Crippen LogP contribution in [0, 0.1) is 0 Å². The molecule has 1 atom stereocenters. The Labute approximate surface area is 58.8 Å². The molecule has 1 aromatic heterocycles. The molecular formula is C6H9N3O. The monoisotopic (exact) mass is 139 g/mol. The Morgan fingerprint density at radius 3 is 2.90 bits per heavy atom. The molecule has 4 nitrogen and oxygen atoms in total. The lowest BCUT2D eigenvalue weighted by molar-refractivity contribution is -0.108. The third kappa shape index (κ3) is 1.05. The zero-order chi connectivity index (χ0) is 7.56. The largest absolute Gasteiger partial charge is 0.303 e. The number of hydrogen-bond donors (Lipinski definition) is 0. The number of aldehydes is 1. The van der Waals surface area contributed by atoms with E-state index in [1.807, 2.05) is 6.92 Å². The minimum Gasteiger partial charge on any atom is -0.303 e. The van der Waals surface area contributed by atoms with Gasteiger partial charge < -0.3 is 4.79 Å². The highest BCUT2D eigenvalue weighted by Gasteiger charge is 2.07. The SMILES string of the molecule is CC(C=O)c1cnnn1C. The minimum atomic E-state index is -0.111. The van der Waals surface area contributed by atoms with Gasteiger partial charge in [-0.2, -0.15) is 0 Å². The van der Waals surface area contributed by atoms with Crippen LogP contribution in [0.25, 0.3) is 0 Å². The lowest BCUT2D eigenvalue weighted by Crippen LogP contribution is -2.03. The van der Waals surface area contributed by atoms with Crippen molar-refractivity contribution < 1.29 is 4.79 Å². The summed E-state index contributed by atoms with van der Waals surface area (Å²) in [6.45, 7) is 1.81. The van der Waals surface area contributed by atoms with Gasteiger partial charge in [-0.15, -0.1) is 5.10 Å². The Hall–Kier alpha value is -1.19. The van der Waals surface area contributed by atoms with Crippen LogP contribution in [0.4, 0.5) is 0 Å². The molecule has 0 aromatic carbocycles. The van der Waals surface area contributed by atoms with Crippen LogP contribution < -0.4 is 0 Å². The van der Waals surface area contributed by atoms with Crippen LogP contribution in [0.3, 0.4) is 0 Å². The molecular weight excluding hydrogens is 130 g/mol. The molecule has 0 aliphatic heterocycles. The first-order chi connectivity index (χ1) is 4.75. The molecule has 10 heavy (non-hydrogen) atoms. The number of nitrogens with zero attached hydrogens (tertiary/aromatic N) is 3. The predicted molar refractivity (Wildman–Crippen MR) is 35.5 cm³/mol. The highest BCUT2D eigenvalue weighted by Crippen LogP contribution is 2.07. The van der Waals surface area contributed by atoms with Crippen LogP contribution in [0.5, 0.6) is 0 Å². The van der Waals surface area contributed by atoms with Gasteiger partial charge >= 0.3 is 0 Å². The van der Waals surface area contributed by atoms with Gasteiger partial charge in [0.1, 0.15) is 6.29 Å². The van der Waals surface area contributed by atoms with Crippen LogP contribution in [0.1, 0.15) is 18.5 Å². The summed E-state index contributed by atoms with van der Waals surface area (Å²) in [7, 11) is 1.77. The summed E-state index contributed by atoms with van der Waals surface area (Å²) in [4.78, 5) is 10.3. The van der Waals surface area contributed by atoms with Crippen molar-refractivity contribution >= 4 is 6.29 Å². The summed E-state index contributed by atoms with van der Waals surface area (Å²) in [5.74, 6) is -0.111. The smallest absolute Gasteiger partial charge is 0.128 e. The molecule has 0 saturated heterocycles. The van der Waals surface area contributed by atoms with Crippen molar-refractivity contribution in [2.24, 2.45) is 7.05 Å². The summed E-state index contributed by atoms with van der Waals surface area (Å²) in [5, 5.41) is 7.34.